The molecule has 0 aliphatic heterocycles. The second-order valence-electron chi connectivity index (χ2n) is 15.4. The van der Waals surface area contributed by atoms with Crippen molar-refractivity contribution in [1.82, 2.24) is 18.3 Å². The van der Waals surface area contributed by atoms with Crippen molar-refractivity contribution in [3.8, 4) is 0 Å². The first-order valence-electron chi connectivity index (χ1n) is 14.6. The molecule has 0 saturated heterocycles. The van der Waals surface area contributed by atoms with E-state index < -0.39 is 41.5 Å². The van der Waals surface area contributed by atoms with Crippen LogP contribution in [0, 0.1) is 0 Å². The van der Waals surface area contributed by atoms with Crippen molar-refractivity contribution in [2.24, 2.45) is 0 Å². The molecule has 0 aliphatic rings. The van der Waals surface area contributed by atoms with Gasteiger partial charge in [0.25, 0.3) is 0 Å². The quantitative estimate of drug-likeness (QED) is 0.151. The molecule has 6 nitrogen and oxygen atoms in total. The van der Waals surface area contributed by atoms with Gasteiger partial charge in [-0.15, -0.1) is 0 Å². The molecule has 0 aromatic rings. The van der Waals surface area contributed by atoms with Gasteiger partial charge in [0.15, 0.2) is 0 Å². The molecule has 0 rings (SSSR count). The van der Waals surface area contributed by atoms with Crippen LogP contribution in [-0.2, 0) is 8.85 Å². The summed E-state index contributed by atoms with van der Waals surface area (Å²) in [7, 11) is 0.755. The normalized spacial score (nSPS) is 14.6. The molecule has 0 radical (unpaired) electrons. The molecule has 0 N–H and O–H groups in total. The molecule has 0 spiro atoms. The smallest absolute Gasteiger partial charge is 0.338 e. The van der Waals surface area contributed by atoms with Crippen LogP contribution in [0.15, 0.2) is 0 Å². The molecule has 224 valence electrons. The Hall–Kier alpha value is 0.844. The van der Waals surface area contributed by atoms with Crippen LogP contribution in [0.25, 0.3) is 0 Å². The summed E-state index contributed by atoms with van der Waals surface area (Å²) in [4.78, 5) is 4.46. The number of rotatable bonds is 20. The Morgan fingerprint density at radius 2 is 0.703 bits per heavy atom. The van der Waals surface area contributed by atoms with Crippen LogP contribution in [0.1, 0.15) is 12.8 Å². The van der Waals surface area contributed by atoms with E-state index in [1.54, 1.807) is 0 Å². The van der Waals surface area contributed by atoms with Crippen molar-refractivity contribution in [2.45, 2.75) is 103 Å². The molecule has 0 bridgehead atoms. The SMILES string of the molecule is CN(C)CCO[Si](CCCN([Si](C)(C)C)[Si](C)(C)C)(CCCN([Si](C)(C)C)[Si](C)(C)C)OCCN(C)C. The minimum absolute atomic E-state index is 0.776. The highest BCUT2D eigenvalue weighted by molar-refractivity contribution is 6.90. The van der Waals surface area contributed by atoms with E-state index in [0.29, 0.717) is 0 Å². The monoisotopic (exact) mass is 608 g/mol. The number of hydrogen-bond donors (Lipinski definition) is 0. The summed E-state index contributed by atoms with van der Waals surface area (Å²) in [6, 6.07) is 2.22. The Morgan fingerprint density at radius 1 is 0.432 bits per heavy atom. The molecular weight excluding hydrogens is 541 g/mol. The zero-order valence-corrected chi connectivity index (χ0v) is 33.2. The molecule has 0 aromatic carbocycles. The standard InChI is InChI=1S/C26H68N4O2Si5/c1-27(2)21-23-31-37(32-24-22-28(3)4,25-17-19-29(33(5,6)7)34(8,9)10)26-18-20-30(35(11,12)13)36(14,15)16/h17-26H2,1-16H3. The van der Waals surface area contributed by atoms with Gasteiger partial charge in [-0.3, -0.25) is 0 Å². The summed E-state index contributed by atoms with van der Waals surface area (Å²) in [6.07, 6.45) is 2.38. The first-order chi connectivity index (χ1) is 16.5. The molecule has 0 saturated carbocycles. The van der Waals surface area contributed by atoms with E-state index in [-0.39, 0.29) is 0 Å². The predicted octanol–water partition coefficient (Wildman–Crippen LogP) is 6.31. The van der Waals surface area contributed by atoms with Crippen LogP contribution in [0.3, 0.4) is 0 Å². The first kappa shape index (κ1) is 37.8. The summed E-state index contributed by atoms with van der Waals surface area (Å²) < 4.78 is 19.6. The van der Waals surface area contributed by atoms with Crippen LogP contribution in [0.4, 0.5) is 0 Å². The highest BCUT2D eigenvalue weighted by Crippen LogP contribution is 2.28. The molecule has 0 aromatic heterocycles. The van der Waals surface area contributed by atoms with E-state index in [9.17, 15) is 0 Å². The van der Waals surface area contributed by atoms with Crippen molar-refractivity contribution in [1.29, 1.82) is 0 Å². The van der Waals surface area contributed by atoms with Crippen LogP contribution < -0.4 is 0 Å². The zero-order chi connectivity index (χ0) is 29.3. The molecule has 0 atom stereocenters. The third-order valence-electron chi connectivity index (χ3n) is 6.93. The average Bonchev–Trinajstić information content (AvgIpc) is 2.63. The van der Waals surface area contributed by atoms with Gasteiger partial charge in [0.1, 0.15) is 32.9 Å². The van der Waals surface area contributed by atoms with Gasteiger partial charge in [-0.05, 0) is 66.2 Å². The topological polar surface area (TPSA) is 31.4 Å². The lowest BCUT2D eigenvalue weighted by molar-refractivity contribution is 0.143. The fraction of sp³-hybridized carbons (Fsp3) is 1.00. The highest BCUT2D eigenvalue weighted by atomic mass is 28.4. The van der Waals surface area contributed by atoms with Gasteiger partial charge < -0.3 is 27.1 Å². The Bertz CT molecular complexity index is 544. The summed E-state index contributed by atoms with van der Waals surface area (Å²) in [6.45, 7) is 36.0. The van der Waals surface area contributed by atoms with Crippen molar-refractivity contribution in [2.75, 3.05) is 67.6 Å². The van der Waals surface area contributed by atoms with Crippen molar-refractivity contribution >= 4 is 41.5 Å². The Labute approximate surface area is 239 Å². The van der Waals surface area contributed by atoms with Gasteiger partial charge >= 0.3 is 8.56 Å². The fourth-order valence-electron chi connectivity index (χ4n) is 5.65. The van der Waals surface area contributed by atoms with E-state index in [1.807, 2.05) is 0 Å². The van der Waals surface area contributed by atoms with Gasteiger partial charge in [-0.2, -0.15) is 0 Å². The molecule has 11 heteroatoms. The summed E-state index contributed by atoms with van der Waals surface area (Å²) in [5.74, 6) is 0. The van der Waals surface area contributed by atoms with Gasteiger partial charge in [0.2, 0.25) is 0 Å². The number of hydrogen-bond acceptors (Lipinski definition) is 6. The van der Waals surface area contributed by atoms with Crippen LogP contribution in [0.2, 0.25) is 90.7 Å². The second kappa shape index (κ2) is 15.7. The Balaban J connectivity index is 5.83. The van der Waals surface area contributed by atoms with E-state index in [0.717, 1.165) is 38.4 Å². The van der Waals surface area contributed by atoms with E-state index in [1.165, 1.54) is 25.9 Å². The summed E-state index contributed by atoms with van der Waals surface area (Å²) in [5, 5.41) is 0. The van der Waals surface area contributed by atoms with Crippen molar-refractivity contribution < 1.29 is 8.85 Å². The maximum Gasteiger partial charge on any atom is 0.338 e. The van der Waals surface area contributed by atoms with Gasteiger partial charge in [-0.1, -0.05) is 78.6 Å². The molecule has 0 aliphatic carbocycles. The van der Waals surface area contributed by atoms with Crippen LogP contribution >= 0.6 is 0 Å². The lowest BCUT2D eigenvalue weighted by Gasteiger charge is -2.45. The second-order valence-corrected chi connectivity index (χ2v) is 39.2. The third kappa shape index (κ3) is 16.0. The van der Waals surface area contributed by atoms with Crippen molar-refractivity contribution in [3.63, 3.8) is 0 Å². The molecule has 0 fully saturated rings. The van der Waals surface area contributed by atoms with Crippen molar-refractivity contribution in [3.05, 3.63) is 0 Å². The molecule has 0 heterocycles. The number of likely N-dealkylation sites (N-methyl/N-ethyl adjacent to an activating group) is 2. The minimum Gasteiger partial charge on any atom is -0.393 e. The van der Waals surface area contributed by atoms with E-state index in [2.05, 4.69) is 125 Å². The molecule has 37 heavy (non-hydrogen) atoms. The minimum atomic E-state index is -2.34. The average molecular weight is 609 g/mol. The summed E-state index contributed by atoms with van der Waals surface area (Å²) in [5.41, 5.74) is 0. The summed E-state index contributed by atoms with van der Waals surface area (Å²) >= 11 is 0. The number of nitrogens with zero attached hydrogens (tertiary/aromatic N) is 4. The largest absolute Gasteiger partial charge is 0.393 e. The molecule has 0 amide bonds. The van der Waals surface area contributed by atoms with Crippen LogP contribution in [-0.4, -0.2) is 127 Å². The predicted molar refractivity (Wildman–Crippen MR) is 180 cm³/mol. The van der Waals surface area contributed by atoms with E-state index in [4.69, 9.17) is 8.85 Å². The van der Waals surface area contributed by atoms with Gasteiger partial charge in [0.05, 0.1) is 0 Å². The molecule has 0 unspecified atom stereocenters. The third-order valence-corrected chi connectivity index (χ3v) is 26.0. The lowest BCUT2D eigenvalue weighted by Crippen LogP contribution is -2.60. The Kier molecular flexibility index (Phi) is 16.1. The van der Waals surface area contributed by atoms with Crippen LogP contribution in [0.5, 0.6) is 0 Å². The van der Waals surface area contributed by atoms with Gasteiger partial charge in [-0.25, -0.2) is 0 Å². The fourth-order valence-corrected chi connectivity index (χ4v) is 28.3. The maximum atomic E-state index is 6.89. The Morgan fingerprint density at radius 3 is 0.919 bits per heavy atom. The highest BCUT2D eigenvalue weighted by Gasteiger charge is 2.40. The lowest BCUT2D eigenvalue weighted by atomic mass is 10.5. The van der Waals surface area contributed by atoms with Gasteiger partial charge in [0, 0.05) is 26.3 Å². The zero-order valence-electron chi connectivity index (χ0n) is 28.2. The maximum absolute atomic E-state index is 6.89. The molecular formula is C26H68N4O2Si5. The first-order valence-corrected chi connectivity index (χ1v) is 30.7. The van der Waals surface area contributed by atoms with E-state index >= 15 is 0 Å².